The molecule has 1 aliphatic heterocycles. The van der Waals surface area contributed by atoms with Crippen molar-refractivity contribution >= 4 is 0 Å². The summed E-state index contributed by atoms with van der Waals surface area (Å²) in [6.07, 6.45) is -8.39. The van der Waals surface area contributed by atoms with Crippen molar-refractivity contribution in [1.82, 2.24) is 0 Å². The fourth-order valence-electron chi connectivity index (χ4n) is 3.41. The number of hydrogen-bond donors (Lipinski definition) is 5. The maximum atomic E-state index is 15.4. The Hall–Kier alpha value is -2.01. The van der Waals surface area contributed by atoms with Gasteiger partial charge in [-0.15, -0.1) is 0 Å². The fraction of sp³-hybridized carbons (Fsp3) is 0.400. The van der Waals surface area contributed by atoms with Gasteiger partial charge in [-0.1, -0.05) is 36.4 Å². The Morgan fingerprint density at radius 1 is 0.966 bits per heavy atom. The van der Waals surface area contributed by atoms with E-state index in [0.29, 0.717) is 5.56 Å². The van der Waals surface area contributed by atoms with E-state index in [2.05, 4.69) is 0 Å². The van der Waals surface area contributed by atoms with Gasteiger partial charge < -0.3 is 30.3 Å². The first kappa shape index (κ1) is 21.7. The van der Waals surface area contributed by atoms with Crippen LogP contribution in [0.15, 0.2) is 48.5 Å². The van der Waals surface area contributed by atoms with E-state index in [1.165, 1.54) is 42.5 Å². The molecule has 6 nitrogen and oxygen atoms in total. The zero-order chi connectivity index (χ0) is 21.4. The summed E-state index contributed by atoms with van der Waals surface area (Å²) in [5.41, 5.74) is -0.101. The summed E-state index contributed by atoms with van der Waals surface area (Å²) in [6.45, 7) is -0.972. The lowest BCUT2D eigenvalue weighted by molar-refractivity contribution is -0.416. The molecule has 1 aliphatic rings. The molecule has 2 aromatic rings. The molecule has 5 N–H and O–H groups in total. The van der Waals surface area contributed by atoms with Gasteiger partial charge in [0.05, 0.1) is 6.61 Å². The van der Waals surface area contributed by atoms with Gasteiger partial charge in [-0.25, -0.2) is 4.39 Å². The molecule has 0 aliphatic carbocycles. The van der Waals surface area contributed by atoms with Crippen molar-refractivity contribution in [2.24, 2.45) is 0 Å². The van der Waals surface area contributed by atoms with Crippen LogP contribution < -0.4 is 0 Å². The van der Waals surface area contributed by atoms with Crippen molar-refractivity contribution in [2.45, 2.75) is 42.5 Å². The minimum atomic E-state index is -4.24. The molecule has 0 aromatic heterocycles. The molecule has 5 atom stereocenters. The van der Waals surface area contributed by atoms with Crippen molar-refractivity contribution in [3.05, 3.63) is 71.0 Å². The molecule has 0 spiro atoms. The Labute approximate surface area is 164 Å². The maximum Gasteiger partial charge on any atom is 0.328 e. The predicted octanol–water partition coefficient (Wildman–Crippen LogP) is 0.671. The number of aliphatic hydroxyl groups is 5. The zero-order valence-electron chi connectivity index (χ0n) is 15.1. The van der Waals surface area contributed by atoms with Crippen LogP contribution in [0.2, 0.25) is 0 Å². The summed E-state index contributed by atoms with van der Waals surface area (Å²) in [6, 6.07) is 10.4. The largest absolute Gasteiger partial charge is 0.394 e. The molecule has 2 aromatic carbocycles. The van der Waals surface area contributed by atoms with Gasteiger partial charge in [0.2, 0.25) is 0 Å². The molecular formula is C20H21F3O6. The van der Waals surface area contributed by atoms with E-state index in [1.807, 2.05) is 0 Å². The van der Waals surface area contributed by atoms with Crippen molar-refractivity contribution in [3.8, 4) is 0 Å². The van der Waals surface area contributed by atoms with E-state index in [0.717, 1.165) is 6.07 Å². The highest BCUT2D eigenvalue weighted by Crippen LogP contribution is 2.47. The molecule has 3 rings (SSSR count). The van der Waals surface area contributed by atoms with Crippen molar-refractivity contribution in [3.63, 3.8) is 0 Å². The van der Waals surface area contributed by atoms with Crippen LogP contribution in [0.25, 0.3) is 0 Å². The van der Waals surface area contributed by atoms with Gasteiger partial charge in [-0.2, -0.15) is 8.78 Å². The van der Waals surface area contributed by atoms with Crippen LogP contribution in [0.3, 0.4) is 0 Å². The summed E-state index contributed by atoms with van der Waals surface area (Å²) in [7, 11) is 0. The molecule has 1 saturated heterocycles. The predicted molar refractivity (Wildman–Crippen MR) is 94.5 cm³/mol. The standard InChI is InChI=1S/C20H21F3O6/c21-13-7-5-11(6-8-13)9-12-3-1-2-4-14(12)19(22,23)20(28)18(27)17(26)16(25)15(10-24)29-20/h1-8,15-18,24-28H,9-10H2/t15-,16-,17+,18-,20-/m1/s1. The SMILES string of the molecule is OC[C@H]1O[C@@](O)(C(F)(F)c2ccccc2Cc2ccc(F)cc2)[C@H](O)[C@@H](O)[C@@H]1O. The molecule has 1 heterocycles. The Morgan fingerprint density at radius 3 is 2.21 bits per heavy atom. The smallest absolute Gasteiger partial charge is 0.328 e. The van der Waals surface area contributed by atoms with Gasteiger partial charge in [0.25, 0.3) is 5.79 Å². The summed E-state index contributed by atoms with van der Waals surface area (Å²) < 4.78 is 48.8. The van der Waals surface area contributed by atoms with Crippen LogP contribution in [0.1, 0.15) is 16.7 Å². The number of hydrogen-bond acceptors (Lipinski definition) is 6. The van der Waals surface area contributed by atoms with Crippen molar-refractivity contribution in [1.29, 1.82) is 0 Å². The molecule has 0 bridgehead atoms. The monoisotopic (exact) mass is 414 g/mol. The lowest BCUT2D eigenvalue weighted by atomic mass is 9.84. The summed E-state index contributed by atoms with van der Waals surface area (Å²) in [4.78, 5) is 0. The van der Waals surface area contributed by atoms with E-state index in [9.17, 15) is 29.9 Å². The Kier molecular flexibility index (Phi) is 6.00. The molecule has 0 amide bonds. The van der Waals surface area contributed by atoms with Crippen LogP contribution in [0.5, 0.6) is 0 Å². The summed E-state index contributed by atoms with van der Waals surface area (Å²) >= 11 is 0. The Balaban J connectivity index is 2.01. The van der Waals surface area contributed by atoms with Crippen molar-refractivity contribution in [2.75, 3.05) is 6.61 Å². The van der Waals surface area contributed by atoms with Gasteiger partial charge in [0.1, 0.15) is 30.2 Å². The van der Waals surface area contributed by atoms with Crippen LogP contribution in [-0.2, 0) is 17.1 Å². The van der Waals surface area contributed by atoms with Crippen LogP contribution >= 0.6 is 0 Å². The first-order chi connectivity index (χ1) is 13.6. The maximum absolute atomic E-state index is 15.4. The number of alkyl halides is 2. The highest BCUT2D eigenvalue weighted by Gasteiger charge is 2.66. The summed E-state index contributed by atoms with van der Waals surface area (Å²) in [5, 5.41) is 49.6. The van der Waals surface area contributed by atoms with E-state index < -0.39 is 54.1 Å². The molecule has 0 unspecified atom stereocenters. The second kappa shape index (κ2) is 8.02. The third-order valence-corrected chi connectivity index (χ3v) is 5.08. The molecule has 9 heteroatoms. The van der Waals surface area contributed by atoms with E-state index in [4.69, 9.17) is 4.74 Å². The number of halogens is 3. The Bertz CT molecular complexity index is 844. The minimum absolute atomic E-state index is 0.0349. The molecule has 1 fully saturated rings. The molecular weight excluding hydrogens is 393 g/mol. The van der Waals surface area contributed by atoms with Crippen LogP contribution in [0, 0.1) is 5.82 Å². The second-order valence-corrected chi connectivity index (χ2v) is 7.00. The number of aliphatic hydroxyl groups excluding tert-OH is 4. The topological polar surface area (TPSA) is 110 Å². The zero-order valence-corrected chi connectivity index (χ0v) is 15.1. The summed E-state index contributed by atoms with van der Waals surface area (Å²) in [5.74, 6) is -8.34. The average molecular weight is 414 g/mol. The first-order valence-electron chi connectivity index (χ1n) is 8.87. The normalized spacial score (nSPS) is 30.3. The number of rotatable bonds is 5. The van der Waals surface area contributed by atoms with Gasteiger partial charge in [-0.3, -0.25) is 0 Å². The van der Waals surface area contributed by atoms with Crippen LogP contribution in [0.4, 0.5) is 13.2 Å². The average Bonchev–Trinajstić information content (AvgIpc) is 2.71. The fourth-order valence-corrected chi connectivity index (χ4v) is 3.41. The third kappa shape index (κ3) is 3.77. The van der Waals surface area contributed by atoms with Crippen LogP contribution in [-0.4, -0.2) is 62.3 Å². The highest BCUT2D eigenvalue weighted by atomic mass is 19.3. The van der Waals surface area contributed by atoms with Gasteiger partial charge in [0, 0.05) is 5.56 Å². The van der Waals surface area contributed by atoms with Gasteiger partial charge >= 0.3 is 5.92 Å². The Morgan fingerprint density at radius 2 is 1.59 bits per heavy atom. The highest BCUT2D eigenvalue weighted by molar-refractivity contribution is 5.37. The first-order valence-corrected chi connectivity index (χ1v) is 8.87. The van der Waals surface area contributed by atoms with E-state index in [1.54, 1.807) is 0 Å². The molecule has 158 valence electrons. The van der Waals surface area contributed by atoms with Gasteiger partial charge in [0.15, 0.2) is 0 Å². The minimum Gasteiger partial charge on any atom is -0.394 e. The second-order valence-electron chi connectivity index (χ2n) is 7.00. The quantitative estimate of drug-likeness (QED) is 0.492. The van der Waals surface area contributed by atoms with E-state index >= 15 is 8.78 Å². The third-order valence-electron chi connectivity index (χ3n) is 5.08. The van der Waals surface area contributed by atoms with Gasteiger partial charge in [-0.05, 0) is 29.7 Å². The molecule has 29 heavy (non-hydrogen) atoms. The van der Waals surface area contributed by atoms with Crippen molar-refractivity contribution < 1.29 is 43.4 Å². The van der Waals surface area contributed by atoms with E-state index in [-0.39, 0.29) is 12.0 Å². The number of benzene rings is 2. The lowest BCUT2D eigenvalue weighted by Gasteiger charge is -2.48. The number of ether oxygens (including phenoxy) is 1. The molecule has 0 radical (unpaired) electrons. The lowest BCUT2D eigenvalue weighted by Crippen LogP contribution is -2.70. The molecule has 0 saturated carbocycles.